The molecule has 2 fully saturated rings. The van der Waals surface area contributed by atoms with E-state index >= 15 is 0 Å². The van der Waals surface area contributed by atoms with E-state index < -0.39 is 0 Å². The molecule has 2 amide bonds. The molecule has 0 radical (unpaired) electrons. The van der Waals surface area contributed by atoms with Gasteiger partial charge in [0, 0.05) is 37.7 Å². The van der Waals surface area contributed by atoms with E-state index in [-0.39, 0.29) is 29.7 Å². The second kappa shape index (κ2) is 6.74. The summed E-state index contributed by atoms with van der Waals surface area (Å²) in [5.41, 5.74) is 0.786. The van der Waals surface area contributed by atoms with Gasteiger partial charge in [0.25, 0.3) is 5.91 Å². The Hall–Kier alpha value is -2.80. The number of amides is 2. The van der Waals surface area contributed by atoms with Gasteiger partial charge in [-0.3, -0.25) is 19.5 Å². The third-order valence-electron chi connectivity index (χ3n) is 5.58. The molecule has 7 heteroatoms. The van der Waals surface area contributed by atoms with Crippen molar-refractivity contribution >= 4 is 17.5 Å². The second-order valence-corrected chi connectivity index (χ2v) is 7.26. The summed E-state index contributed by atoms with van der Waals surface area (Å²) < 4.78 is 13.6. The number of pyridine rings is 1. The van der Waals surface area contributed by atoms with Crippen LogP contribution in [0.2, 0.25) is 0 Å². The molecule has 0 saturated carbocycles. The number of carbonyl (C=O) groups excluding carboxylic acids is 2. The molecule has 0 bridgehead atoms. The van der Waals surface area contributed by atoms with Crippen LogP contribution in [0.4, 0.5) is 10.1 Å². The number of rotatable bonds is 2. The van der Waals surface area contributed by atoms with E-state index in [1.807, 2.05) is 16.8 Å². The monoisotopic (exact) mass is 368 g/mol. The van der Waals surface area contributed by atoms with Crippen LogP contribution in [0.3, 0.4) is 0 Å². The van der Waals surface area contributed by atoms with E-state index in [4.69, 9.17) is 0 Å². The first kappa shape index (κ1) is 17.6. The summed E-state index contributed by atoms with van der Waals surface area (Å²) in [6.07, 6.45) is 3.97. The van der Waals surface area contributed by atoms with Gasteiger partial charge in [0.2, 0.25) is 5.91 Å². The number of halogens is 1. The third kappa shape index (κ3) is 3.19. The van der Waals surface area contributed by atoms with E-state index in [1.54, 1.807) is 41.6 Å². The number of anilines is 1. The van der Waals surface area contributed by atoms with E-state index in [9.17, 15) is 14.0 Å². The minimum Gasteiger partial charge on any atom is -0.337 e. The molecule has 6 nitrogen and oxygen atoms in total. The van der Waals surface area contributed by atoms with Gasteiger partial charge in [0.05, 0.1) is 17.6 Å². The molecule has 4 rings (SSSR count). The van der Waals surface area contributed by atoms with Gasteiger partial charge in [-0.1, -0.05) is 6.07 Å². The largest absolute Gasteiger partial charge is 0.337 e. The Bertz CT molecular complexity index is 875. The van der Waals surface area contributed by atoms with Crippen LogP contribution < -0.4 is 4.90 Å². The Labute approximate surface area is 157 Å². The molecule has 0 unspecified atom stereocenters. The lowest BCUT2D eigenvalue weighted by atomic mass is 9.92. The lowest BCUT2D eigenvalue weighted by Crippen LogP contribution is -2.64. The van der Waals surface area contributed by atoms with Crippen LogP contribution in [0.1, 0.15) is 16.8 Å². The third-order valence-corrected chi connectivity index (χ3v) is 5.58. The Morgan fingerprint density at radius 1 is 1.22 bits per heavy atom. The predicted octanol–water partition coefficient (Wildman–Crippen LogP) is 1.78. The first-order chi connectivity index (χ1) is 13.0. The van der Waals surface area contributed by atoms with Crippen LogP contribution in [0.5, 0.6) is 0 Å². The van der Waals surface area contributed by atoms with Crippen molar-refractivity contribution in [1.82, 2.24) is 14.8 Å². The molecule has 1 atom stereocenters. The number of likely N-dealkylation sites (tertiary alicyclic amines) is 1. The van der Waals surface area contributed by atoms with Crippen molar-refractivity contribution in [2.24, 2.45) is 0 Å². The highest BCUT2D eigenvalue weighted by Crippen LogP contribution is 2.34. The van der Waals surface area contributed by atoms with Crippen LogP contribution >= 0.6 is 0 Å². The standard InChI is InChI=1S/C20H21FN4O2/c1-23-12-18(26)25(17-6-2-5-16(21)10-17)14-20(23)7-9-24(13-20)19(27)15-4-3-8-22-11-15/h2-6,8,10-11H,7,9,12-14H2,1H3/t20-/m0/s1. The number of nitrogens with zero attached hydrogens (tertiary/aromatic N) is 4. The number of likely N-dealkylation sites (N-methyl/N-ethyl adjacent to an activating group) is 1. The zero-order valence-corrected chi connectivity index (χ0v) is 15.1. The first-order valence-electron chi connectivity index (χ1n) is 8.95. The number of aromatic nitrogens is 1. The second-order valence-electron chi connectivity index (χ2n) is 7.26. The quantitative estimate of drug-likeness (QED) is 0.811. The van der Waals surface area contributed by atoms with Gasteiger partial charge in [0.15, 0.2) is 0 Å². The lowest BCUT2D eigenvalue weighted by molar-refractivity contribution is -0.123. The molecule has 2 saturated heterocycles. The maximum absolute atomic E-state index is 13.6. The van der Waals surface area contributed by atoms with Crippen molar-refractivity contribution in [3.63, 3.8) is 0 Å². The molecule has 3 heterocycles. The molecular weight excluding hydrogens is 347 g/mol. The summed E-state index contributed by atoms with van der Waals surface area (Å²) in [7, 11) is 1.92. The summed E-state index contributed by atoms with van der Waals surface area (Å²) in [5.74, 6) is -0.485. The van der Waals surface area contributed by atoms with Crippen LogP contribution in [0.25, 0.3) is 0 Å². The Balaban J connectivity index is 1.57. The van der Waals surface area contributed by atoms with Gasteiger partial charge in [-0.05, 0) is 43.8 Å². The van der Waals surface area contributed by atoms with Crippen LogP contribution in [0, 0.1) is 5.82 Å². The van der Waals surface area contributed by atoms with Crippen molar-refractivity contribution in [2.45, 2.75) is 12.0 Å². The number of hydrogen-bond donors (Lipinski definition) is 0. The summed E-state index contributed by atoms with van der Waals surface area (Å²) in [5, 5.41) is 0. The van der Waals surface area contributed by atoms with Crippen LogP contribution in [-0.2, 0) is 4.79 Å². The van der Waals surface area contributed by atoms with Crippen molar-refractivity contribution in [3.8, 4) is 0 Å². The molecule has 27 heavy (non-hydrogen) atoms. The summed E-state index contributed by atoms with van der Waals surface area (Å²) >= 11 is 0. The molecule has 0 aliphatic carbocycles. The maximum atomic E-state index is 13.6. The van der Waals surface area contributed by atoms with Crippen molar-refractivity contribution in [1.29, 1.82) is 0 Å². The molecule has 2 aliphatic rings. The van der Waals surface area contributed by atoms with E-state index in [1.165, 1.54) is 12.1 Å². The molecular formula is C20H21FN4O2. The number of benzene rings is 1. The number of piperazine rings is 1. The van der Waals surface area contributed by atoms with Crippen molar-refractivity contribution in [3.05, 3.63) is 60.2 Å². The number of hydrogen-bond acceptors (Lipinski definition) is 4. The van der Waals surface area contributed by atoms with Gasteiger partial charge in [-0.15, -0.1) is 0 Å². The highest BCUT2D eigenvalue weighted by Gasteiger charge is 2.48. The lowest BCUT2D eigenvalue weighted by Gasteiger charge is -2.46. The van der Waals surface area contributed by atoms with E-state index in [2.05, 4.69) is 4.98 Å². The Kier molecular flexibility index (Phi) is 4.39. The van der Waals surface area contributed by atoms with Gasteiger partial charge < -0.3 is 9.80 Å². The zero-order chi connectivity index (χ0) is 19.0. The topological polar surface area (TPSA) is 56.8 Å². The average Bonchev–Trinajstić information content (AvgIpc) is 3.10. The van der Waals surface area contributed by atoms with Gasteiger partial charge in [-0.25, -0.2) is 4.39 Å². The SMILES string of the molecule is CN1CC(=O)N(c2cccc(F)c2)C[C@@]12CCN(C(=O)c1cccnc1)C2. The van der Waals surface area contributed by atoms with E-state index in [0.717, 1.165) is 6.42 Å². The molecule has 1 spiro atoms. The zero-order valence-electron chi connectivity index (χ0n) is 15.1. The highest BCUT2D eigenvalue weighted by molar-refractivity contribution is 5.96. The predicted molar refractivity (Wildman–Crippen MR) is 98.9 cm³/mol. The average molecular weight is 368 g/mol. The van der Waals surface area contributed by atoms with Gasteiger partial charge in [-0.2, -0.15) is 0 Å². The van der Waals surface area contributed by atoms with E-state index in [0.29, 0.717) is 30.9 Å². The van der Waals surface area contributed by atoms with Crippen molar-refractivity contribution in [2.75, 3.05) is 38.1 Å². The minimum atomic E-state index is -0.368. The number of carbonyl (C=O) groups is 2. The Morgan fingerprint density at radius 2 is 2.07 bits per heavy atom. The first-order valence-corrected chi connectivity index (χ1v) is 8.95. The molecule has 0 N–H and O–H groups in total. The molecule has 1 aromatic heterocycles. The smallest absolute Gasteiger partial charge is 0.255 e. The van der Waals surface area contributed by atoms with Gasteiger partial charge >= 0.3 is 0 Å². The fraction of sp³-hybridized carbons (Fsp3) is 0.350. The molecule has 140 valence electrons. The summed E-state index contributed by atoms with van der Waals surface area (Å²) in [6.45, 7) is 1.81. The molecule has 1 aromatic carbocycles. The van der Waals surface area contributed by atoms with Crippen LogP contribution in [-0.4, -0.2) is 65.4 Å². The molecule has 2 aliphatic heterocycles. The maximum Gasteiger partial charge on any atom is 0.255 e. The highest BCUT2D eigenvalue weighted by atomic mass is 19.1. The van der Waals surface area contributed by atoms with Crippen molar-refractivity contribution < 1.29 is 14.0 Å². The summed E-state index contributed by atoms with van der Waals surface area (Å²) in [4.78, 5) is 34.8. The van der Waals surface area contributed by atoms with Gasteiger partial charge in [0.1, 0.15) is 5.82 Å². The minimum absolute atomic E-state index is 0.0532. The van der Waals surface area contributed by atoms with Crippen LogP contribution in [0.15, 0.2) is 48.8 Å². The Morgan fingerprint density at radius 3 is 2.81 bits per heavy atom. The normalized spacial score (nSPS) is 23.3. The summed E-state index contributed by atoms with van der Waals surface area (Å²) in [6, 6.07) is 9.60. The fourth-order valence-electron chi connectivity index (χ4n) is 3.98. The molecule has 2 aromatic rings. The fourth-order valence-corrected chi connectivity index (χ4v) is 3.98.